The van der Waals surface area contributed by atoms with Crippen molar-refractivity contribution in [2.75, 3.05) is 148 Å². The Hall–Kier alpha value is -10.8. The minimum absolute atomic E-state index is 0.00171. The molecule has 3 aliphatic heterocycles. The van der Waals surface area contributed by atoms with Gasteiger partial charge in [0.15, 0.2) is 0 Å². The Morgan fingerprint density at radius 1 is 0.530 bits per heavy atom. The summed E-state index contributed by atoms with van der Waals surface area (Å²) in [5.74, 6) is 0.516. The lowest BCUT2D eigenvalue weighted by atomic mass is 10.0. The fourth-order valence-corrected chi connectivity index (χ4v) is 13.0. The number of ether oxygens (including phenoxy) is 2. The van der Waals surface area contributed by atoms with Crippen molar-refractivity contribution in [2.24, 2.45) is 7.05 Å². The van der Waals surface area contributed by atoms with Crippen LogP contribution in [0.5, 0.6) is 11.6 Å². The first-order chi connectivity index (χ1) is 48.1. The molecule has 21 nitrogen and oxygen atoms in total. The summed E-state index contributed by atoms with van der Waals surface area (Å²) in [5, 5.41) is 33.1. The van der Waals surface area contributed by atoms with Crippen molar-refractivity contribution in [1.82, 2.24) is 38.6 Å². The molecule has 0 radical (unpaired) electrons. The lowest BCUT2D eigenvalue weighted by Crippen LogP contribution is -2.49. The van der Waals surface area contributed by atoms with Crippen LogP contribution < -0.4 is 35.3 Å². The molecule has 3 amide bonds. The summed E-state index contributed by atoms with van der Waals surface area (Å²) in [5.41, 5.74) is 9.55. The van der Waals surface area contributed by atoms with E-state index in [0.29, 0.717) is 143 Å². The standard InChI is InChI=1S/C28H33N5O3.C26H28ClN5O2.C23H21FN4O2/c1-20-6-11-25-23(18-20)26(24(19-29)27(30-25)36-17-5-12-31(2)3)32-13-15-33(16-14-32)28(34)21-7-9-22(35-4)10-8-21;1-18-4-9-23-21(16-18)24(22(17-28)26(34)32(23)15-10-29(2)3)30-11-13-31(14-12-30)25(33)19-5-7-20(27)8-6-19;1-15-3-8-20-18(13-15)21(19(14-25)23(30)26(20)2)27-9-11-28(12-10-27)22(29)16-4-6-17(24)7-5-16/h6-11,18H,5,12-17H2,1-4H3;4-9,16H,10-15H2,1-3H3;3-8,13H,9-12H2,1-2H3. The molecule has 0 bridgehead atoms. The number of carbonyl (C=O) groups is 3. The summed E-state index contributed by atoms with van der Waals surface area (Å²) in [6.07, 6.45) is 0.840. The first-order valence-corrected chi connectivity index (χ1v) is 33.6. The van der Waals surface area contributed by atoms with E-state index in [1.54, 1.807) is 77.1 Å². The van der Waals surface area contributed by atoms with E-state index in [2.05, 4.69) is 39.0 Å². The minimum atomic E-state index is -0.381. The smallest absolute Gasteiger partial charge is 0.271 e. The van der Waals surface area contributed by atoms with E-state index in [-0.39, 0.29) is 45.8 Å². The highest BCUT2D eigenvalue weighted by molar-refractivity contribution is 6.30. The van der Waals surface area contributed by atoms with Gasteiger partial charge in [-0.3, -0.25) is 24.0 Å². The number of nitriles is 3. The number of pyridine rings is 3. The predicted octanol–water partition coefficient (Wildman–Crippen LogP) is 9.90. The van der Waals surface area contributed by atoms with Gasteiger partial charge in [0, 0.05) is 143 Å². The normalized spacial score (nSPS) is 13.9. The molecule has 6 aromatic carbocycles. The third-order valence-electron chi connectivity index (χ3n) is 18.3. The number of hydrogen-bond acceptors (Lipinski definition) is 16. The van der Waals surface area contributed by atoms with Gasteiger partial charge in [0.1, 0.15) is 46.5 Å². The second-order valence-electron chi connectivity index (χ2n) is 25.7. The highest BCUT2D eigenvalue weighted by Gasteiger charge is 2.31. The molecule has 12 rings (SSSR count). The molecule has 100 heavy (non-hydrogen) atoms. The van der Waals surface area contributed by atoms with Crippen LogP contribution in [0.4, 0.5) is 21.5 Å². The number of hydrogen-bond donors (Lipinski definition) is 0. The second-order valence-corrected chi connectivity index (χ2v) is 26.1. The fourth-order valence-electron chi connectivity index (χ4n) is 12.9. The third-order valence-corrected chi connectivity index (χ3v) is 18.5. The zero-order chi connectivity index (χ0) is 71.5. The number of piperazine rings is 3. The number of benzene rings is 6. The zero-order valence-corrected chi connectivity index (χ0v) is 58.8. The van der Waals surface area contributed by atoms with Gasteiger partial charge in [0.25, 0.3) is 28.8 Å². The van der Waals surface area contributed by atoms with Crippen LogP contribution in [-0.2, 0) is 13.6 Å². The molecule has 0 atom stereocenters. The van der Waals surface area contributed by atoms with Gasteiger partial charge in [-0.15, -0.1) is 0 Å². The first kappa shape index (κ1) is 71.9. The molecule has 516 valence electrons. The molecule has 9 aromatic rings. The summed E-state index contributed by atoms with van der Waals surface area (Å²) in [4.78, 5) is 85.3. The van der Waals surface area contributed by atoms with Crippen LogP contribution in [0.2, 0.25) is 5.02 Å². The average Bonchev–Trinajstić information content (AvgIpc) is 0.764. The highest BCUT2D eigenvalue weighted by Crippen LogP contribution is 2.38. The summed E-state index contributed by atoms with van der Waals surface area (Å²) in [6, 6.07) is 44.1. The number of fused-ring (bicyclic) bond motifs is 3. The van der Waals surface area contributed by atoms with Gasteiger partial charge < -0.3 is 57.8 Å². The molecule has 3 aliphatic rings. The van der Waals surface area contributed by atoms with E-state index in [1.807, 2.05) is 112 Å². The molecular formula is C77H82ClFN14O7. The largest absolute Gasteiger partial charge is 0.497 e. The highest BCUT2D eigenvalue weighted by atomic mass is 35.5. The molecule has 0 N–H and O–H groups in total. The number of likely N-dealkylation sites (N-methyl/N-ethyl adjacent to an activating group) is 1. The topological polar surface area (TPSA) is 224 Å². The molecule has 0 saturated carbocycles. The van der Waals surface area contributed by atoms with Crippen LogP contribution in [-0.4, -0.2) is 190 Å². The van der Waals surface area contributed by atoms with Crippen molar-refractivity contribution in [2.45, 2.75) is 33.7 Å². The van der Waals surface area contributed by atoms with E-state index in [9.17, 15) is 44.1 Å². The number of nitrogens with zero attached hydrogens (tertiary/aromatic N) is 14. The van der Waals surface area contributed by atoms with Gasteiger partial charge in [-0.1, -0.05) is 46.5 Å². The minimum Gasteiger partial charge on any atom is -0.497 e. The van der Waals surface area contributed by atoms with Gasteiger partial charge >= 0.3 is 0 Å². The van der Waals surface area contributed by atoms with Crippen molar-refractivity contribution >= 4 is 79.1 Å². The second kappa shape index (κ2) is 32.2. The number of aryl methyl sites for hydroxylation is 4. The van der Waals surface area contributed by atoms with Gasteiger partial charge in [0.2, 0.25) is 5.88 Å². The zero-order valence-electron chi connectivity index (χ0n) is 58.0. The van der Waals surface area contributed by atoms with Crippen LogP contribution in [0, 0.1) is 60.6 Å². The van der Waals surface area contributed by atoms with E-state index in [0.717, 1.165) is 73.8 Å². The van der Waals surface area contributed by atoms with Crippen molar-refractivity contribution < 1.29 is 28.2 Å². The maximum Gasteiger partial charge on any atom is 0.271 e. The van der Waals surface area contributed by atoms with Crippen LogP contribution in [0.3, 0.4) is 0 Å². The number of rotatable bonds is 15. The van der Waals surface area contributed by atoms with Crippen molar-refractivity contribution in [1.29, 1.82) is 15.8 Å². The van der Waals surface area contributed by atoms with E-state index < -0.39 is 0 Å². The summed E-state index contributed by atoms with van der Waals surface area (Å²) >= 11 is 5.95. The summed E-state index contributed by atoms with van der Waals surface area (Å²) in [6.45, 7) is 14.9. The first-order valence-electron chi connectivity index (χ1n) is 33.3. The summed E-state index contributed by atoms with van der Waals surface area (Å²) in [7, 11) is 11.2. The maximum atomic E-state index is 13.4. The molecule has 3 aromatic heterocycles. The Kier molecular flexibility index (Phi) is 23.2. The van der Waals surface area contributed by atoms with Crippen molar-refractivity contribution in [3.05, 3.63) is 209 Å². The number of methoxy groups -OCH3 is 1. The monoisotopic (exact) mass is 1370 g/mol. The summed E-state index contributed by atoms with van der Waals surface area (Å²) < 4.78 is 27.6. The molecule has 6 heterocycles. The lowest BCUT2D eigenvalue weighted by molar-refractivity contribution is 0.0739. The van der Waals surface area contributed by atoms with E-state index >= 15 is 0 Å². The molecule has 0 unspecified atom stereocenters. The Bertz CT molecular complexity index is 4770. The fraction of sp³-hybridized carbons (Fsp3) is 0.338. The van der Waals surface area contributed by atoms with Crippen molar-refractivity contribution in [3.8, 4) is 29.8 Å². The molecule has 0 aliphatic carbocycles. The van der Waals surface area contributed by atoms with Crippen LogP contribution in [0.15, 0.2) is 137 Å². The van der Waals surface area contributed by atoms with Crippen LogP contribution >= 0.6 is 11.6 Å². The Labute approximate surface area is 586 Å². The number of halogens is 2. The predicted molar refractivity (Wildman–Crippen MR) is 390 cm³/mol. The molecule has 23 heteroatoms. The Morgan fingerprint density at radius 3 is 1.40 bits per heavy atom. The third kappa shape index (κ3) is 16.2. The van der Waals surface area contributed by atoms with Crippen LogP contribution in [0.1, 0.15) is 70.9 Å². The van der Waals surface area contributed by atoms with Gasteiger partial charge in [-0.2, -0.15) is 15.8 Å². The van der Waals surface area contributed by atoms with E-state index in [1.165, 1.54) is 28.8 Å². The number of carbonyl (C=O) groups excluding carboxylic acids is 3. The lowest BCUT2D eigenvalue weighted by Gasteiger charge is -2.37. The number of aromatic nitrogens is 3. The van der Waals surface area contributed by atoms with E-state index in [4.69, 9.17) is 26.1 Å². The van der Waals surface area contributed by atoms with Crippen molar-refractivity contribution in [3.63, 3.8) is 0 Å². The Morgan fingerprint density at radius 2 is 0.940 bits per heavy atom. The number of anilines is 3. The number of amides is 3. The van der Waals surface area contributed by atoms with Gasteiger partial charge in [-0.05, 0) is 165 Å². The molecular weight excluding hydrogens is 1290 g/mol. The maximum absolute atomic E-state index is 13.4. The van der Waals surface area contributed by atoms with Crippen LogP contribution in [0.25, 0.3) is 32.7 Å². The molecule has 3 fully saturated rings. The Balaban J connectivity index is 0.000000163. The molecule has 0 spiro atoms. The molecule has 3 saturated heterocycles. The quantitative estimate of drug-likeness (QED) is 0.0871. The SMILES string of the molecule is COc1ccc(C(=O)N2CCN(c3c(C#N)c(OCCCN(C)C)nc4ccc(C)cc34)CC2)cc1.Cc1ccc2c(c1)c(N1CCN(C(=O)c3ccc(Cl)cc3)CC1)c(C#N)c(=O)n2CCN(C)C.Cc1ccc2c(c1)c(N1CCN(C(=O)c3ccc(F)cc3)CC1)c(C#N)c(=O)n2C. The van der Waals surface area contributed by atoms with Gasteiger partial charge in [0.05, 0.1) is 47.3 Å². The van der Waals surface area contributed by atoms with Gasteiger partial charge in [-0.25, -0.2) is 9.37 Å². The average molecular weight is 1370 g/mol.